The van der Waals surface area contributed by atoms with Crippen LogP contribution in [0.2, 0.25) is 0 Å². The molecule has 4 N–H and O–H groups in total. The zero-order valence-electron chi connectivity index (χ0n) is 18.7. The predicted molar refractivity (Wildman–Crippen MR) is 127 cm³/mol. The highest BCUT2D eigenvalue weighted by atomic mass is 16.1. The molecule has 2 aromatic heterocycles. The van der Waals surface area contributed by atoms with E-state index in [0.29, 0.717) is 22.6 Å². The van der Waals surface area contributed by atoms with Crippen molar-refractivity contribution < 1.29 is 4.79 Å². The zero-order chi connectivity index (χ0) is 22.1. The van der Waals surface area contributed by atoms with E-state index >= 15 is 0 Å². The van der Waals surface area contributed by atoms with Crippen LogP contribution in [-0.2, 0) is 0 Å². The van der Waals surface area contributed by atoms with Crippen LogP contribution in [0.4, 0.5) is 5.69 Å². The number of nitrogens with one attached hydrogen (secondary N) is 2. The second-order valence-electron chi connectivity index (χ2n) is 7.91. The Balaban J connectivity index is 1.54. The smallest absolute Gasteiger partial charge is 0.251 e. The van der Waals surface area contributed by atoms with Crippen LogP contribution in [0.15, 0.2) is 36.5 Å². The number of pyridine rings is 1. The summed E-state index contributed by atoms with van der Waals surface area (Å²) in [5, 5.41) is 3.51. The summed E-state index contributed by atoms with van der Waals surface area (Å²) in [6, 6.07) is 9.73. The third kappa shape index (κ3) is 6.28. The molecule has 1 aromatic carbocycles. The zero-order valence-corrected chi connectivity index (χ0v) is 18.7. The number of nitrogens with two attached hydrogens (primary N) is 1. The first-order chi connectivity index (χ1) is 15.1. The molecule has 0 atom stereocenters. The minimum Gasteiger partial charge on any atom is -0.385 e. The summed E-state index contributed by atoms with van der Waals surface area (Å²) in [6.07, 6.45) is 7.76. The van der Waals surface area contributed by atoms with Gasteiger partial charge < -0.3 is 20.9 Å². The summed E-state index contributed by atoms with van der Waals surface area (Å²) in [6.45, 7) is 8.98. The summed E-state index contributed by atoms with van der Waals surface area (Å²) in [4.78, 5) is 26.1. The Morgan fingerprint density at radius 2 is 1.81 bits per heavy atom. The lowest BCUT2D eigenvalue weighted by molar-refractivity contribution is 0.100. The monoisotopic (exact) mass is 422 g/mol. The highest BCUT2D eigenvalue weighted by molar-refractivity contribution is 6.03. The largest absolute Gasteiger partial charge is 0.385 e. The van der Waals surface area contributed by atoms with Crippen LogP contribution in [0.25, 0.3) is 22.6 Å². The van der Waals surface area contributed by atoms with Gasteiger partial charge in [0.25, 0.3) is 5.91 Å². The van der Waals surface area contributed by atoms with Gasteiger partial charge in [0.2, 0.25) is 0 Å². The topological polar surface area (TPSA) is 99.9 Å². The molecule has 3 aromatic rings. The molecule has 0 fully saturated rings. The summed E-state index contributed by atoms with van der Waals surface area (Å²) in [5.74, 6) is 0.176. The molecule has 3 rings (SSSR count). The van der Waals surface area contributed by atoms with Gasteiger partial charge in [0, 0.05) is 24.0 Å². The molecule has 0 bridgehead atoms. The van der Waals surface area contributed by atoms with Gasteiger partial charge in [-0.15, -0.1) is 0 Å². The molecule has 0 spiro atoms. The first-order valence-corrected chi connectivity index (χ1v) is 11.3. The maximum absolute atomic E-state index is 11.6. The van der Waals surface area contributed by atoms with Crippen molar-refractivity contribution in [1.29, 1.82) is 0 Å². The van der Waals surface area contributed by atoms with E-state index in [9.17, 15) is 4.79 Å². The Morgan fingerprint density at radius 3 is 2.52 bits per heavy atom. The summed E-state index contributed by atoms with van der Waals surface area (Å²) in [7, 11) is 0. The number of hydrogen-bond acceptors (Lipinski definition) is 5. The van der Waals surface area contributed by atoms with Gasteiger partial charge in [-0.2, -0.15) is 0 Å². The lowest BCUT2D eigenvalue weighted by Crippen LogP contribution is -2.28. The summed E-state index contributed by atoms with van der Waals surface area (Å²) >= 11 is 0. The predicted octanol–water partition coefficient (Wildman–Crippen LogP) is 4.43. The van der Waals surface area contributed by atoms with Crippen LogP contribution < -0.4 is 11.1 Å². The second-order valence-corrected chi connectivity index (χ2v) is 7.91. The molecule has 31 heavy (non-hydrogen) atoms. The number of primary amides is 1. The fourth-order valence-corrected chi connectivity index (χ4v) is 3.77. The highest BCUT2D eigenvalue weighted by Crippen LogP contribution is 2.23. The highest BCUT2D eigenvalue weighted by Gasteiger charge is 2.13. The van der Waals surface area contributed by atoms with Gasteiger partial charge in [-0.3, -0.25) is 4.79 Å². The van der Waals surface area contributed by atoms with Crippen molar-refractivity contribution in [2.45, 2.75) is 46.0 Å². The van der Waals surface area contributed by atoms with Crippen molar-refractivity contribution in [2.24, 2.45) is 5.73 Å². The Hall–Kier alpha value is -2.93. The average Bonchev–Trinajstić information content (AvgIpc) is 3.21. The number of imidazole rings is 1. The van der Waals surface area contributed by atoms with Crippen molar-refractivity contribution >= 4 is 22.8 Å². The van der Waals surface area contributed by atoms with Gasteiger partial charge in [0.05, 0.1) is 11.1 Å². The number of amides is 1. The summed E-state index contributed by atoms with van der Waals surface area (Å²) in [5.41, 5.74) is 8.93. The molecular formula is C24H34N6O. The van der Waals surface area contributed by atoms with E-state index < -0.39 is 5.91 Å². The fourth-order valence-electron chi connectivity index (χ4n) is 3.77. The van der Waals surface area contributed by atoms with E-state index in [1.807, 2.05) is 12.1 Å². The molecule has 7 heteroatoms. The second kappa shape index (κ2) is 11.5. The number of unbranched alkanes of at least 4 members (excludes halogenated alkanes) is 2. The van der Waals surface area contributed by atoms with E-state index in [1.54, 1.807) is 12.3 Å². The Morgan fingerprint density at radius 1 is 1.03 bits per heavy atom. The Bertz CT molecular complexity index is 966. The number of fused-ring (bicyclic) bond motifs is 1. The maximum Gasteiger partial charge on any atom is 0.251 e. The Kier molecular flexibility index (Phi) is 8.41. The molecule has 0 saturated carbocycles. The van der Waals surface area contributed by atoms with Crippen molar-refractivity contribution in [3.63, 3.8) is 0 Å². The van der Waals surface area contributed by atoms with Crippen LogP contribution in [0.1, 0.15) is 56.3 Å². The minimum absolute atomic E-state index is 0.397. The molecule has 0 aliphatic rings. The van der Waals surface area contributed by atoms with Crippen molar-refractivity contribution in [2.75, 3.05) is 31.5 Å². The lowest BCUT2D eigenvalue weighted by Gasteiger charge is -2.21. The number of aromatic amines is 1. The number of anilines is 1. The number of carbonyl (C=O) groups excluding carboxylic acids is 1. The number of hydrogen-bond donors (Lipinski definition) is 3. The third-order valence-corrected chi connectivity index (χ3v) is 5.41. The van der Waals surface area contributed by atoms with E-state index in [0.717, 1.165) is 30.8 Å². The first kappa shape index (κ1) is 22.7. The standard InChI is InChI=1S/C24H34N6O/c1-3-5-6-16-30(15-4-2)17-7-13-26-19-10-8-18(9-11-19)23-28-21-20(22(25)31)12-14-27-24(21)29-23/h8-12,14,26H,3-7,13,15-17H2,1-2H3,(H2,25,31)(H,27,28,29). The van der Waals surface area contributed by atoms with Gasteiger partial charge >= 0.3 is 0 Å². The lowest BCUT2D eigenvalue weighted by atomic mass is 10.2. The first-order valence-electron chi connectivity index (χ1n) is 11.3. The number of aromatic nitrogens is 3. The van der Waals surface area contributed by atoms with Crippen LogP contribution in [0.3, 0.4) is 0 Å². The van der Waals surface area contributed by atoms with E-state index in [1.165, 1.54) is 38.8 Å². The average molecular weight is 423 g/mol. The molecule has 1 amide bonds. The molecule has 7 nitrogen and oxygen atoms in total. The van der Waals surface area contributed by atoms with Gasteiger partial charge in [-0.1, -0.05) is 26.7 Å². The number of carbonyl (C=O) groups is 1. The van der Waals surface area contributed by atoms with E-state index in [2.05, 4.69) is 51.1 Å². The van der Waals surface area contributed by atoms with Crippen molar-refractivity contribution in [3.05, 3.63) is 42.1 Å². The van der Waals surface area contributed by atoms with E-state index in [4.69, 9.17) is 5.73 Å². The van der Waals surface area contributed by atoms with Gasteiger partial charge in [-0.05, 0) is 69.2 Å². The number of nitrogens with zero attached hydrogens (tertiary/aromatic N) is 3. The molecule has 166 valence electrons. The number of H-pyrrole nitrogens is 1. The van der Waals surface area contributed by atoms with Crippen molar-refractivity contribution in [1.82, 2.24) is 19.9 Å². The molecule has 2 heterocycles. The molecule has 0 unspecified atom stereocenters. The number of benzene rings is 1. The maximum atomic E-state index is 11.6. The Labute approximate surface area is 184 Å². The molecular weight excluding hydrogens is 388 g/mol. The van der Waals surface area contributed by atoms with Gasteiger partial charge in [-0.25, -0.2) is 9.97 Å². The molecule has 0 aliphatic heterocycles. The normalized spacial score (nSPS) is 11.3. The molecule has 0 saturated heterocycles. The van der Waals surface area contributed by atoms with Crippen molar-refractivity contribution in [3.8, 4) is 11.4 Å². The molecule has 0 aliphatic carbocycles. The van der Waals surface area contributed by atoms with E-state index in [-0.39, 0.29) is 0 Å². The number of rotatable bonds is 13. The van der Waals surface area contributed by atoms with Gasteiger partial charge in [0.1, 0.15) is 5.82 Å². The van der Waals surface area contributed by atoms with Crippen LogP contribution >= 0.6 is 0 Å². The summed E-state index contributed by atoms with van der Waals surface area (Å²) < 4.78 is 0. The SMILES string of the molecule is CCCCCN(CCC)CCCNc1ccc(-c2nc3nccc(C(N)=O)c3[nH]2)cc1. The third-order valence-electron chi connectivity index (χ3n) is 5.41. The quantitative estimate of drug-likeness (QED) is 0.354. The van der Waals surface area contributed by atoms with Crippen LogP contribution in [-0.4, -0.2) is 51.9 Å². The van der Waals surface area contributed by atoms with Gasteiger partial charge in [0.15, 0.2) is 5.65 Å². The van der Waals surface area contributed by atoms with Crippen LogP contribution in [0, 0.1) is 0 Å². The molecule has 0 radical (unpaired) electrons. The van der Waals surface area contributed by atoms with Crippen LogP contribution in [0.5, 0.6) is 0 Å². The minimum atomic E-state index is -0.495. The fraction of sp³-hybridized carbons (Fsp3) is 0.458.